The maximum Gasteiger partial charge on any atom is 0.312 e. The number of carbonyl (C=O) groups is 1. The molecule has 2 bridgehead atoms. The molecule has 0 amide bonds. The summed E-state index contributed by atoms with van der Waals surface area (Å²) in [6.07, 6.45) is 18.1. The zero-order valence-electron chi connectivity index (χ0n) is 33.1. The number of nitrogens with zero attached hydrogens (tertiary/aromatic N) is 1. The lowest BCUT2D eigenvalue weighted by atomic mass is 9.33. The van der Waals surface area contributed by atoms with Crippen LogP contribution in [-0.4, -0.2) is 74.0 Å². The molecule has 12 atom stereocenters. The Hall–Kier alpha value is -1.19. The van der Waals surface area contributed by atoms with E-state index in [1.807, 2.05) is 0 Å². The fourth-order valence-corrected chi connectivity index (χ4v) is 17.8. The van der Waals surface area contributed by atoms with Gasteiger partial charge >= 0.3 is 5.97 Å². The van der Waals surface area contributed by atoms with Gasteiger partial charge in [-0.3, -0.25) is 18.8 Å². The summed E-state index contributed by atoms with van der Waals surface area (Å²) in [5.41, 5.74) is 3.71. The summed E-state index contributed by atoms with van der Waals surface area (Å²) in [7, 11) is -2.37. The van der Waals surface area contributed by atoms with Crippen LogP contribution >= 0.6 is 10.6 Å². The lowest BCUT2D eigenvalue weighted by Gasteiger charge is -2.72. The van der Waals surface area contributed by atoms with Crippen molar-refractivity contribution in [3.63, 3.8) is 0 Å². The smallest absolute Gasteiger partial charge is 0.312 e. The summed E-state index contributed by atoms with van der Waals surface area (Å²) >= 11 is 0. The number of hydrogen-bond donors (Lipinski definition) is 4. The van der Waals surface area contributed by atoms with Crippen molar-refractivity contribution >= 4 is 16.6 Å². The van der Waals surface area contributed by atoms with Gasteiger partial charge in [0.1, 0.15) is 6.67 Å². The molecule has 2 heterocycles. The minimum atomic E-state index is -2.37. The van der Waals surface area contributed by atoms with E-state index in [0.29, 0.717) is 60.6 Å². The number of fused-ring (bicyclic) bond motifs is 9. The first-order chi connectivity index (χ1) is 24.4. The van der Waals surface area contributed by atoms with Gasteiger partial charge in [-0.25, -0.2) is 4.39 Å². The Bertz CT molecular complexity index is 1560. The number of aliphatic carboxylic acids is 1. The summed E-state index contributed by atoms with van der Waals surface area (Å²) in [5, 5.41) is 14.2. The second-order valence-electron chi connectivity index (χ2n) is 20.9. The zero-order chi connectivity index (χ0) is 37.3. The van der Waals surface area contributed by atoms with E-state index in [4.69, 9.17) is 0 Å². The Morgan fingerprint density at radius 1 is 0.981 bits per heavy atom. The van der Waals surface area contributed by atoms with Crippen LogP contribution in [0, 0.1) is 56.7 Å². The normalized spacial score (nSPS) is 49.5. The van der Waals surface area contributed by atoms with Gasteiger partial charge in [0, 0.05) is 31.2 Å². The molecule has 2 aliphatic heterocycles. The van der Waals surface area contributed by atoms with Gasteiger partial charge in [0.15, 0.2) is 0 Å². The molecule has 8 heteroatoms. The van der Waals surface area contributed by atoms with E-state index in [-0.39, 0.29) is 32.4 Å². The maximum atomic E-state index is 14.0. The monoisotopic (exact) mass is 740 g/mol. The summed E-state index contributed by atoms with van der Waals surface area (Å²) in [5.74, 6) is 2.66. The van der Waals surface area contributed by atoms with Crippen LogP contribution in [0.1, 0.15) is 125 Å². The third-order valence-corrected chi connectivity index (χ3v) is 20.9. The molecule has 6 nitrogen and oxygen atoms in total. The van der Waals surface area contributed by atoms with Crippen LogP contribution in [0.2, 0.25) is 0 Å². The molecule has 8 aliphatic rings. The molecule has 0 aromatic carbocycles. The van der Waals surface area contributed by atoms with Crippen LogP contribution in [0.15, 0.2) is 35.5 Å². The SMILES string of the molecule is C=C(C)[C@@H]1CC[C@]2(NCCN3C[C@@H]4C[C@H]3CS4(O)O)CC[C@]3(C)[C@H](CC[C@@H]4[C@@]5(C)CC=C(C6=CC[C@](CF)(C(=O)O)CC6)C(C)(C)C5CC[C@]43C)[C@@H]12. The van der Waals surface area contributed by atoms with Gasteiger partial charge in [0.2, 0.25) is 0 Å². The number of nitrogens with one attached hydrogen (secondary N) is 1. The zero-order valence-corrected chi connectivity index (χ0v) is 33.9. The number of hydrogen-bond acceptors (Lipinski definition) is 5. The van der Waals surface area contributed by atoms with Crippen molar-refractivity contribution in [1.82, 2.24) is 10.2 Å². The number of allylic oxidation sites excluding steroid dienone is 5. The third-order valence-electron chi connectivity index (χ3n) is 18.6. The Labute approximate surface area is 315 Å². The number of carboxylic acid groups (broad SMARTS) is 1. The Kier molecular flexibility index (Phi) is 9.00. The lowest BCUT2D eigenvalue weighted by molar-refractivity contribution is -0.221. The lowest BCUT2D eigenvalue weighted by Crippen LogP contribution is -2.68. The van der Waals surface area contributed by atoms with Crippen molar-refractivity contribution in [2.24, 2.45) is 56.7 Å². The molecular weight excluding hydrogens is 672 g/mol. The van der Waals surface area contributed by atoms with Crippen molar-refractivity contribution in [3.8, 4) is 0 Å². The fourth-order valence-electron chi connectivity index (χ4n) is 15.6. The average Bonchev–Trinajstić information content (AvgIpc) is 3.75. The van der Waals surface area contributed by atoms with Gasteiger partial charge in [-0.05, 0) is 153 Å². The predicted octanol–water partition coefficient (Wildman–Crippen LogP) is 9.88. The Morgan fingerprint density at radius 3 is 2.37 bits per heavy atom. The summed E-state index contributed by atoms with van der Waals surface area (Å²) in [6.45, 7) is 21.9. The highest BCUT2D eigenvalue weighted by Crippen LogP contribution is 2.76. The highest BCUT2D eigenvalue weighted by Gasteiger charge is 2.70. The highest BCUT2D eigenvalue weighted by molar-refractivity contribution is 8.25. The number of carboxylic acids is 1. The molecule has 4 saturated carbocycles. The number of rotatable bonds is 8. The van der Waals surface area contributed by atoms with Crippen molar-refractivity contribution in [2.45, 2.75) is 142 Å². The Balaban J connectivity index is 1.03. The first kappa shape index (κ1) is 37.7. The first-order valence-corrected chi connectivity index (χ1v) is 22.7. The fraction of sp³-hybridized carbons (Fsp3) is 0.841. The van der Waals surface area contributed by atoms with E-state index >= 15 is 0 Å². The third kappa shape index (κ3) is 5.18. The van der Waals surface area contributed by atoms with Gasteiger partial charge in [-0.15, -0.1) is 0 Å². The molecule has 0 aromatic rings. The molecule has 6 aliphatic carbocycles. The summed E-state index contributed by atoms with van der Waals surface area (Å²) in [6, 6.07) is 0.339. The van der Waals surface area contributed by atoms with Gasteiger partial charge < -0.3 is 10.4 Å². The van der Waals surface area contributed by atoms with E-state index in [9.17, 15) is 23.4 Å². The topological polar surface area (TPSA) is 93.0 Å². The van der Waals surface area contributed by atoms with Crippen molar-refractivity contribution < 1.29 is 23.4 Å². The van der Waals surface area contributed by atoms with E-state index < -0.39 is 28.6 Å². The van der Waals surface area contributed by atoms with E-state index in [2.05, 4.69) is 70.5 Å². The molecule has 2 saturated heterocycles. The molecule has 0 aromatic heterocycles. The highest BCUT2D eigenvalue weighted by atomic mass is 32.3. The minimum Gasteiger partial charge on any atom is -0.481 e. The van der Waals surface area contributed by atoms with Crippen LogP contribution in [0.5, 0.6) is 0 Å². The van der Waals surface area contributed by atoms with Gasteiger partial charge in [0.25, 0.3) is 0 Å². The second-order valence-corrected chi connectivity index (χ2v) is 23.3. The van der Waals surface area contributed by atoms with Crippen molar-refractivity contribution in [2.75, 3.05) is 32.1 Å². The number of alkyl halides is 1. The first-order valence-electron chi connectivity index (χ1n) is 21.0. The minimum absolute atomic E-state index is 0.00893. The molecule has 4 N–H and O–H groups in total. The largest absolute Gasteiger partial charge is 0.481 e. The summed E-state index contributed by atoms with van der Waals surface area (Å²) in [4.78, 5) is 14.5. The number of likely N-dealkylation sites (tertiary alicyclic amines) is 1. The van der Waals surface area contributed by atoms with Gasteiger partial charge in [-0.2, -0.15) is 10.6 Å². The quantitative estimate of drug-likeness (QED) is 0.185. The molecule has 1 unspecified atom stereocenters. The Morgan fingerprint density at radius 2 is 1.75 bits per heavy atom. The van der Waals surface area contributed by atoms with Crippen LogP contribution in [-0.2, 0) is 4.79 Å². The molecular formula is C44H69FN2O4S. The van der Waals surface area contributed by atoms with Crippen molar-refractivity contribution in [1.29, 1.82) is 0 Å². The summed E-state index contributed by atoms with van der Waals surface area (Å²) < 4.78 is 34.9. The van der Waals surface area contributed by atoms with Crippen LogP contribution in [0.3, 0.4) is 0 Å². The average molecular weight is 741 g/mol. The van der Waals surface area contributed by atoms with Crippen molar-refractivity contribution in [3.05, 3.63) is 35.5 Å². The molecule has 0 spiro atoms. The van der Waals surface area contributed by atoms with Crippen LogP contribution in [0.25, 0.3) is 0 Å². The molecule has 292 valence electrons. The second kappa shape index (κ2) is 12.4. The van der Waals surface area contributed by atoms with Crippen LogP contribution < -0.4 is 5.32 Å². The standard InChI is InChI=1S/C44H69FN2O4S/c1-28(2)32-12-19-44(46-22-23-47-25-31-24-30(47)26-52(31,50)51)21-20-41(6)34(37(32)44)8-9-36-40(5)15-13-33(39(3,4)35(40)14-16-42(36,41)7)29-10-17-43(27-45,18-11-29)38(48)49/h10,13,30-32,34-37,46,50-51H,1,8-9,11-12,14-27H2,2-7H3,(H,48,49)/t30-,31-,32-,34+,35?,36+,37+,40-,41+,42+,43-,44-/m0/s1. The number of halogens is 1. The van der Waals surface area contributed by atoms with E-state index in [0.717, 1.165) is 32.5 Å². The molecule has 0 radical (unpaired) electrons. The van der Waals surface area contributed by atoms with Gasteiger partial charge in [-0.1, -0.05) is 58.9 Å². The molecule has 6 fully saturated rings. The van der Waals surface area contributed by atoms with Gasteiger partial charge in [0.05, 0.1) is 16.4 Å². The molecule has 52 heavy (non-hydrogen) atoms. The van der Waals surface area contributed by atoms with E-state index in [1.165, 1.54) is 68.1 Å². The van der Waals surface area contributed by atoms with E-state index in [1.54, 1.807) is 0 Å². The predicted molar refractivity (Wildman–Crippen MR) is 210 cm³/mol. The van der Waals surface area contributed by atoms with Crippen LogP contribution in [0.4, 0.5) is 4.39 Å². The maximum absolute atomic E-state index is 14.0. The molecule has 8 rings (SSSR count).